The number of imide groups is 1. The van der Waals surface area contributed by atoms with Crippen molar-refractivity contribution in [3.63, 3.8) is 0 Å². The van der Waals surface area contributed by atoms with Gasteiger partial charge in [0.1, 0.15) is 0 Å². The zero-order valence-electron chi connectivity index (χ0n) is 14.5. The van der Waals surface area contributed by atoms with Crippen molar-refractivity contribution in [3.05, 3.63) is 75.8 Å². The molecule has 2 amide bonds. The van der Waals surface area contributed by atoms with E-state index in [1.165, 1.54) is 18.7 Å². The second kappa shape index (κ2) is 6.85. The van der Waals surface area contributed by atoms with Crippen LogP contribution in [0, 0.1) is 6.92 Å². The highest BCUT2D eigenvalue weighted by molar-refractivity contribution is 6.31. The Morgan fingerprint density at radius 3 is 2.40 bits per heavy atom. The summed E-state index contributed by atoms with van der Waals surface area (Å²) in [6.07, 6.45) is 2.69. The minimum Gasteiger partial charge on any atom is -0.274 e. The van der Waals surface area contributed by atoms with Crippen molar-refractivity contribution < 1.29 is 9.59 Å². The van der Waals surface area contributed by atoms with Crippen molar-refractivity contribution in [1.82, 2.24) is 4.90 Å². The number of nitrogens with zero attached hydrogens (tertiary/aromatic N) is 1. The van der Waals surface area contributed by atoms with E-state index in [9.17, 15) is 9.59 Å². The third-order valence-electron chi connectivity index (χ3n) is 4.63. The van der Waals surface area contributed by atoms with Gasteiger partial charge in [-0.1, -0.05) is 54.1 Å². The van der Waals surface area contributed by atoms with Gasteiger partial charge in [-0.15, -0.1) is 0 Å². The van der Waals surface area contributed by atoms with Crippen molar-refractivity contribution >= 4 is 29.1 Å². The van der Waals surface area contributed by atoms with Crippen molar-refractivity contribution in [2.24, 2.45) is 0 Å². The van der Waals surface area contributed by atoms with Crippen LogP contribution < -0.4 is 0 Å². The predicted molar refractivity (Wildman–Crippen MR) is 100 cm³/mol. The Balaban J connectivity index is 2.10. The van der Waals surface area contributed by atoms with Gasteiger partial charge in [-0.2, -0.15) is 0 Å². The molecule has 1 aliphatic rings. The van der Waals surface area contributed by atoms with Gasteiger partial charge in [0.05, 0.1) is 5.70 Å². The SMILES string of the molecule is CC(=O)N(C(C)=O)C1=CCC(c2ccc(C)c(Cl)c2)c2ccccc21. The summed E-state index contributed by atoms with van der Waals surface area (Å²) in [5.41, 5.74) is 4.87. The zero-order chi connectivity index (χ0) is 18.1. The second-order valence-electron chi connectivity index (χ2n) is 6.35. The van der Waals surface area contributed by atoms with Gasteiger partial charge in [0.2, 0.25) is 11.8 Å². The van der Waals surface area contributed by atoms with Crippen molar-refractivity contribution in [2.45, 2.75) is 33.1 Å². The monoisotopic (exact) mass is 353 g/mol. The number of hydrogen-bond acceptors (Lipinski definition) is 2. The Bertz CT molecular complexity index is 871. The highest BCUT2D eigenvalue weighted by Crippen LogP contribution is 2.40. The smallest absolute Gasteiger partial charge is 0.230 e. The quantitative estimate of drug-likeness (QED) is 0.768. The molecule has 0 aliphatic heterocycles. The molecule has 25 heavy (non-hydrogen) atoms. The predicted octanol–water partition coefficient (Wildman–Crippen LogP) is 4.92. The van der Waals surface area contributed by atoms with Crippen LogP contribution in [-0.2, 0) is 9.59 Å². The Labute approximate surface area is 152 Å². The molecule has 2 aromatic rings. The Morgan fingerprint density at radius 1 is 1.08 bits per heavy atom. The Kier molecular flexibility index (Phi) is 4.78. The summed E-state index contributed by atoms with van der Waals surface area (Å²) in [5, 5.41) is 0.749. The summed E-state index contributed by atoms with van der Waals surface area (Å²) in [5.74, 6) is -0.394. The van der Waals surface area contributed by atoms with Crippen LogP contribution >= 0.6 is 11.6 Å². The Morgan fingerprint density at radius 2 is 1.76 bits per heavy atom. The number of carbonyl (C=O) groups excluding carboxylic acids is 2. The van der Waals surface area contributed by atoms with Crippen molar-refractivity contribution in [2.75, 3.05) is 0 Å². The third-order valence-corrected chi connectivity index (χ3v) is 5.04. The van der Waals surface area contributed by atoms with Crippen LogP contribution in [0.5, 0.6) is 0 Å². The number of amides is 2. The molecule has 0 bridgehead atoms. The number of rotatable bonds is 2. The van der Waals surface area contributed by atoms with Gasteiger partial charge in [0.15, 0.2) is 0 Å². The van der Waals surface area contributed by atoms with E-state index < -0.39 is 0 Å². The van der Waals surface area contributed by atoms with E-state index in [2.05, 4.69) is 12.1 Å². The van der Waals surface area contributed by atoms with E-state index in [0.717, 1.165) is 27.3 Å². The molecule has 128 valence electrons. The number of aryl methyl sites for hydroxylation is 1. The number of hydrogen-bond donors (Lipinski definition) is 0. The highest BCUT2D eigenvalue weighted by Gasteiger charge is 2.28. The lowest BCUT2D eigenvalue weighted by atomic mass is 9.80. The number of allylic oxidation sites excluding steroid dienone is 1. The lowest BCUT2D eigenvalue weighted by molar-refractivity contribution is -0.137. The molecule has 0 heterocycles. The molecule has 0 saturated carbocycles. The third kappa shape index (κ3) is 3.24. The summed E-state index contributed by atoms with van der Waals surface area (Å²) in [6.45, 7) is 4.81. The van der Waals surface area contributed by atoms with Crippen LogP contribution in [0.15, 0.2) is 48.5 Å². The standard InChI is InChI=1S/C21H20ClNO2/c1-13-8-9-16(12-20(13)22)17-10-11-21(23(14(2)24)15(3)25)19-7-5-4-6-18(17)19/h4-9,11-12,17H,10H2,1-3H3. The average Bonchev–Trinajstić information content (AvgIpc) is 2.57. The summed E-state index contributed by atoms with van der Waals surface area (Å²) < 4.78 is 0. The fourth-order valence-electron chi connectivity index (χ4n) is 3.41. The van der Waals surface area contributed by atoms with Crippen LogP contribution in [0.25, 0.3) is 5.70 Å². The maximum atomic E-state index is 12.0. The molecule has 2 aromatic carbocycles. The summed E-state index contributed by atoms with van der Waals surface area (Å²) in [6, 6.07) is 14.0. The molecular weight excluding hydrogens is 334 g/mol. The lowest BCUT2D eigenvalue weighted by Gasteiger charge is -2.30. The lowest BCUT2D eigenvalue weighted by Crippen LogP contribution is -2.33. The van der Waals surface area contributed by atoms with Gasteiger partial charge in [0.25, 0.3) is 0 Å². The summed E-state index contributed by atoms with van der Waals surface area (Å²) in [4.78, 5) is 25.2. The zero-order valence-corrected chi connectivity index (χ0v) is 15.3. The van der Waals surface area contributed by atoms with E-state index >= 15 is 0 Å². The van der Waals surface area contributed by atoms with Crippen molar-refractivity contribution in [3.8, 4) is 0 Å². The first-order valence-corrected chi connectivity index (χ1v) is 8.64. The molecule has 0 aromatic heterocycles. The number of halogens is 1. The van der Waals surface area contributed by atoms with Gasteiger partial charge in [-0.3, -0.25) is 14.5 Å². The minimum absolute atomic E-state index is 0.152. The fourth-order valence-corrected chi connectivity index (χ4v) is 3.60. The van der Waals surface area contributed by atoms with Crippen LogP contribution in [0.1, 0.15) is 48.4 Å². The van der Waals surface area contributed by atoms with E-state index in [1.54, 1.807) is 0 Å². The maximum absolute atomic E-state index is 12.0. The molecule has 1 atom stereocenters. The molecule has 0 spiro atoms. The van der Waals surface area contributed by atoms with E-state index in [4.69, 9.17) is 11.6 Å². The molecule has 0 fully saturated rings. The van der Waals surface area contributed by atoms with Gasteiger partial charge in [0, 0.05) is 30.4 Å². The fraction of sp³-hybridized carbons (Fsp3) is 0.238. The topological polar surface area (TPSA) is 37.4 Å². The summed E-state index contributed by atoms with van der Waals surface area (Å²) in [7, 11) is 0. The molecule has 1 aliphatic carbocycles. The largest absolute Gasteiger partial charge is 0.274 e. The van der Waals surface area contributed by atoms with Gasteiger partial charge < -0.3 is 0 Å². The van der Waals surface area contributed by atoms with E-state index in [1.807, 2.05) is 43.3 Å². The number of carbonyl (C=O) groups is 2. The highest BCUT2D eigenvalue weighted by atomic mass is 35.5. The van der Waals surface area contributed by atoms with Gasteiger partial charge >= 0.3 is 0 Å². The molecule has 1 unspecified atom stereocenters. The molecule has 3 nitrogen and oxygen atoms in total. The molecule has 0 radical (unpaired) electrons. The summed E-state index contributed by atoms with van der Waals surface area (Å²) >= 11 is 6.31. The molecule has 0 saturated heterocycles. The number of benzene rings is 2. The van der Waals surface area contributed by atoms with E-state index in [0.29, 0.717) is 12.1 Å². The maximum Gasteiger partial charge on any atom is 0.230 e. The minimum atomic E-state index is -0.273. The van der Waals surface area contributed by atoms with Crippen LogP contribution in [-0.4, -0.2) is 16.7 Å². The van der Waals surface area contributed by atoms with Crippen LogP contribution in [0.2, 0.25) is 5.02 Å². The molecule has 3 rings (SSSR count). The Hall–Kier alpha value is -2.39. The van der Waals surface area contributed by atoms with Crippen molar-refractivity contribution in [1.29, 1.82) is 0 Å². The molecule has 4 heteroatoms. The van der Waals surface area contributed by atoms with Crippen LogP contribution in [0.4, 0.5) is 0 Å². The normalized spacial score (nSPS) is 16.0. The average molecular weight is 354 g/mol. The van der Waals surface area contributed by atoms with E-state index in [-0.39, 0.29) is 17.7 Å². The first kappa shape index (κ1) is 17.4. The molecular formula is C21H20ClNO2. The second-order valence-corrected chi connectivity index (χ2v) is 6.75. The number of fused-ring (bicyclic) bond motifs is 1. The first-order chi connectivity index (χ1) is 11.9. The van der Waals surface area contributed by atoms with Gasteiger partial charge in [-0.25, -0.2) is 0 Å². The first-order valence-electron chi connectivity index (χ1n) is 8.27. The van der Waals surface area contributed by atoms with Crippen LogP contribution in [0.3, 0.4) is 0 Å². The molecule has 0 N–H and O–H groups in total. The van der Waals surface area contributed by atoms with Gasteiger partial charge in [-0.05, 0) is 36.1 Å².